The van der Waals surface area contributed by atoms with Crippen molar-refractivity contribution in [2.45, 2.75) is 46.5 Å². The second-order valence-electron chi connectivity index (χ2n) is 5.71. The van der Waals surface area contributed by atoms with E-state index < -0.39 is 0 Å². The number of carbonyl (C=O) groups excluding carboxylic acids is 1. The number of nitrogens with zero attached hydrogens (tertiary/aromatic N) is 2. The van der Waals surface area contributed by atoms with Crippen LogP contribution in [0.1, 0.15) is 46.5 Å². The van der Waals surface area contributed by atoms with Crippen LogP contribution in [-0.2, 0) is 4.79 Å². The molecule has 3 heteroatoms. The smallest absolute Gasteiger partial charge is 0.236 e. The number of hydrogen-bond acceptors (Lipinski definition) is 2. The SMILES string of the molecule is CC(C)(C)C1CCCN(C(=O)CC#N)CC1. The first kappa shape index (κ1) is 13.0. The molecule has 1 fully saturated rings. The highest BCUT2D eigenvalue weighted by Crippen LogP contribution is 2.34. The molecule has 0 radical (unpaired) electrons. The Hall–Kier alpha value is -1.04. The second-order valence-corrected chi connectivity index (χ2v) is 5.71. The van der Waals surface area contributed by atoms with Crippen LogP contribution in [0, 0.1) is 22.7 Å². The second kappa shape index (κ2) is 5.34. The molecule has 0 bridgehead atoms. The van der Waals surface area contributed by atoms with Gasteiger partial charge in [0.15, 0.2) is 0 Å². The van der Waals surface area contributed by atoms with Crippen molar-refractivity contribution in [2.24, 2.45) is 11.3 Å². The molecule has 1 aliphatic rings. The third-order valence-electron chi connectivity index (χ3n) is 3.54. The molecule has 1 aliphatic heterocycles. The highest BCUT2D eigenvalue weighted by atomic mass is 16.2. The molecule has 1 saturated heterocycles. The zero-order chi connectivity index (χ0) is 12.2. The quantitative estimate of drug-likeness (QED) is 0.684. The van der Waals surface area contributed by atoms with E-state index in [2.05, 4.69) is 20.8 Å². The predicted molar refractivity (Wildman–Crippen MR) is 63.6 cm³/mol. The van der Waals surface area contributed by atoms with Gasteiger partial charge in [0, 0.05) is 13.1 Å². The minimum Gasteiger partial charge on any atom is -0.342 e. The summed E-state index contributed by atoms with van der Waals surface area (Å²) < 4.78 is 0. The molecule has 0 N–H and O–H groups in total. The number of likely N-dealkylation sites (tertiary alicyclic amines) is 1. The molecule has 1 rings (SSSR count). The van der Waals surface area contributed by atoms with Gasteiger partial charge in [-0.2, -0.15) is 5.26 Å². The van der Waals surface area contributed by atoms with Gasteiger partial charge in [-0.15, -0.1) is 0 Å². The summed E-state index contributed by atoms with van der Waals surface area (Å²) in [5.41, 5.74) is 0.328. The molecule has 1 unspecified atom stereocenters. The Balaban J connectivity index is 2.53. The van der Waals surface area contributed by atoms with Crippen LogP contribution in [0.3, 0.4) is 0 Å². The predicted octanol–water partition coefficient (Wildman–Crippen LogP) is 2.57. The van der Waals surface area contributed by atoms with Gasteiger partial charge in [0.1, 0.15) is 6.42 Å². The van der Waals surface area contributed by atoms with E-state index in [-0.39, 0.29) is 12.3 Å². The van der Waals surface area contributed by atoms with Crippen molar-refractivity contribution < 1.29 is 4.79 Å². The Labute approximate surface area is 98.4 Å². The molecule has 90 valence electrons. The average Bonchev–Trinajstić information content (AvgIpc) is 2.41. The third-order valence-corrected chi connectivity index (χ3v) is 3.54. The molecule has 1 atom stereocenters. The number of nitriles is 1. The fraction of sp³-hybridized carbons (Fsp3) is 0.846. The Morgan fingerprint density at radius 2 is 2.06 bits per heavy atom. The van der Waals surface area contributed by atoms with Gasteiger partial charge in [0.05, 0.1) is 6.07 Å². The summed E-state index contributed by atoms with van der Waals surface area (Å²) in [6.07, 6.45) is 3.36. The zero-order valence-corrected chi connectivity index (χ0v) is 10.6. The van der Waals surface area contributed by atoms with Crippen molar-refractivity contribution in [3.8, 4) is 6.07 Å². The van der Waals surface area contributed by atoms with Crippen molar-refractivity contribution in [3.63, 3.8) is 0 Å². The van der Waals surface area contributed by atoms with E-state index >= 15 is 0 Å². The molecular formula is C13H22N2O. The summed E-state index contributed by atoms with van der Waals surface area (Å²) in [7, 11) is 0. The van der Waals surface area contributed by atoms with E-state index in [0.29, 0.717) is 11.3 Å². The van der Waals surface area contributed by atoms with Gasteiger partial charge in [0.2, 0.25) is 5.91 Å². The van der Waals surface area contributed by atoms with E-state index in [1.165, 1.54) is 6.42 Å². The number of rotatable bonds is 1. The molecule has 3 nitrogen and oxygen atoms in total. The molecule has 0 saturated carbocycles. The Kier molecular flexibility index (Phi) is 4.35. The van der Waals surface area contributed by atoms with Crippen LogP contribution in [0.5, 0.6) is 0 Å². The van der Waals surface area contributed by atoms with Crippen LogP contribution in [0.25, 0.3) is 0 Å². The van der Waals surface area contributed by atoms with Crippen molar-refractivity contribution in [1.82, 2.24) is 4.90 Å². The lowest BCUT2D eigenvalue weighted by Gasteiger charge is -2.29. The number of amides is 1. The lowest BCUT2D eigenvalue weighted by atomic mass is 9.77. The zero-order valence-electron chi connectivity index (χ0n) is 10.6. The van der Waals surface area contributed by atoms with E-state index in [1.807, 2.05) is 11.0 Å². The molecule has 0 aromatic heterocycles. The molecule has 0 spiro atoms. The van der Waals surface area contributed by atoms with Gasteiger partial charge in [-0.25, -0.2) is 0 Å². The minimum atomic E-state index is -0.00272. The average molecular weight is 222 g/mol. The van der Waals surface area contributed by atoms with Crippen LogP contribution < -0.4 is 0 Å². The van der Waals surface area contributed by atoms with Crippen LogP contribution in [0.15, 0.2) is 0 Å². The van der Waals surface area contributed by atoms with Crippen LogP contribution in [-0.4, -0.2) is 23.9 Å². The maximum Gasteiger partial charge on any atom is 0.236 e. The topological polar surface area (TPSA) is 44.1 Å². The molecule has 0 aromatic rings. The largest absolute Gasteiger partial charge is 0.342 e. The van der Waals surface area contributed by atoms with Gasteiger partial charge in [-0.3, -0.25) is 4.79 Å². The Morgan fingerprint density at radius 3 is 2.62 bits per heavy atom. The molecule has 1 heterocycles. The molecule has 0 aromatic carbocycles. The van der Waals surface area contributed by atoms with E-state index in [1.54, 1.807) is 0 Å². The maximum absolute atomic E-state index is 11.6. The van der Waals surface area contributed by atoms with Gasteiger partial charge in [0.25, 0.3) is 0 Å². The summed E-state index contributed by atoms with van der Waals surface area (Å²) in [5, 5.41) is 8.52. The van der Waals surface area contributed by atoms with Crippen molar-refractivity contribution in [3.05, 3.63) is 0 Å². The molecule has 0 aliphatic carbocycles. The summed E-state index contributed by atoms with van der Waals surface area (Å²) >= 11 is 0. The lowest BCUT2D eigenvalue weighted by Crippen LogP contribution is -2.32. The summed E-state index contributed by atoms with van der Waals surface area (Å²) in [4.78, 5) is 13.5. The van der Waals surface area contributed by atoms with Gasteiger partial charge >= 0.3 is 0 Å². The molecule has 16 heavy (non-hydrogen) atoms. The highest BCUT2D eigenvalue weighted by Gasteiger charge is 2.28. The normalized spacial score (nSPS) is 22.4. The van der Waals surface area contributed by atoms with Crippen molar-refractivity contribution >= 4 is 5.91 Å². The third kappa shape index (κ3) is 3.52. The highest BCUT2D eigenvalue weighted by molar-refractivity contribution is 5.78. The van der Waals surface area contributed by atoms with E-state index in [0.717, 1.165) is 25.9 Å². The fourth-order valence-corrected chi connectivity index (χ4v) is 2.39. The molecule has 1 amide bonds. The first-order valence-corrected chi connectivity index (χ1v) is 6.10. The number of hydrogen-bond donors (Lipinski definition) is 0. The minimum absolute atomic E-state index is 0.00272. The van der Waals surface area contributed by atoms with Crippen LogP contribution >= 0.6 is 0 Å². The van der Waals surface area contributed by atoms with E-state index in [4.69, 9.17) is 5.26 Å². The summed E-state index contributed by atoms with van der Waals surface area (Å²) in [6.45, 7) is 8.45. The molecular weight excluding hydrogens is 200 g/mol. The Morgan fingerprint density at radius 1 is 1.38 bits per heavy atom. The van der Waals surface area contributed by atoms with E-state index in [9.17, 15) is 4.79 Å². The fourth-order valence-electron chi connectivity index (χ4n) is 2.39. The van der Waals surface area contributed by atoms with Gasteiger partial charge in [-0.1, -0.05) is 20.8 Å². The first-order chi connectivity index (χ1) is 7.45. The monoisotopic (exact) mass is 222 g/mol. The standard InChI is InChI=1S/C13H22N2O/c1-13(2,3)11-5-4-9-15(10-7-11)12(16)6-8-14/h11H,4-7,9-10H2,1-3H3. The van der Waals surface area contributed by atoms with Crippen molar-refractivity contribution in [2.75, 3.05) is 13.1 Å². The van der Waals surface area contributed by atoms with Gasteiger partial charge < -0.3 is 4.90 Å². The number of carbonyl (C=O) groups is 1. The van der Waals surface area contributed by atoms with Crippen molar-refractivity contribution in [1.29, 1.82) is 5.26 Å². The Bertz CT molecular complexity index is 285. The lowest BCUT2D eigenvalue weighted by molar-refractivity contribution is -0.130. The van der Waals surface area contributed by atoms with Crippen LogP contribution in [0.2, 0.25) is 0 Å². The van der Waals surface area contributed by atoms with Crippen LogP contribution in [0.4, 0.5) is 0 Å². The summed E-state index contributed by atoms with van der Waals surface area (Å²) in [5.74, 6) is 0.685. The van der Waals surface area contributed by atoms with Gasteiger partial charge in [-0.05, 0) is 30.6 Å². The maximum atomic E-state index is 11.6. The summed E-state index contributed by atoms with van der Waals surface area (Å²) in [6, 6.07) is 1.94. The first-order valence-electron chi connectivity index (χ1n) is 6.10.